The van der Waals surface area contributed by atoms with E-state index in [2.05, 4.69) is 48.9 Å². The van der Waals surface area contributed by atoms with E-state index in [0.29, 0.717) is 12.5 Å². The number of rotatable bonds is 3. The van der Waals surface area contributed by atoms with E-state index in [4.69, 9.17) is 5.73 Å². The zero-order valence-electron chi connectivity index (χ0n) is 9.40. The summed E-state index contributed by atoms with van der Waals surface area (Å²) in [5, 5.41) is 1.31. The van der Waals surface area contributed by atoms with Crippen LogP contribution < -0.4 is 5.73 Å². The largest absolute Gasteiger partial charge is 0.348 e. The number of nitrogens with two attached hydrogens (primary N) is 1. The summed E-state index contributed by atoms with van der Waals surface area (Å²) in [6.07, 6.45) is 2.15. The molecule has 1 heterocycles. The predicted molar refractivity (Wildman–Crippen MR) is 65.1 cm³/mol. The molecule has 0 radical (unpaired) electrons. The van der Waals surface area contributed by atoms with E-state index in [1.807, 2.05) is 0 Å². The van der Waals surface area contributed by atoms with Gasteiger partial charge in [0.1, 0.15) is 0 Å². The van der Waals surface area contributed by atoms with Crippen molar-refractivity contribution >= 4 is 10.9 Å². The number of hydrogen-bond donors (Lipinski definition) is 1. The van der Waals surface area contributed by atoms with Crippen molar-refractivity contribution in [3.8, 4) is 0 Å². The number of aryl methyl sites for hydroxylation is 1. The molecule has 0 saturated heterocycles. The topological polar surface area (TPSA) is 30.9 Å². The Morgan fingerprint density at radius 1 is 1.33 bits per heavy atom. The van der Waals surface area contributed by atoms with Crippen molar-refractivity contribution in [2.75, 3.05) is 6.54 Å². The van der Waals surface area contributed by atoms with Crippen molar-refractivity contribution in [3.05, 3.63) is 36.0 Å². The number of hydrogen-bond acceptors (Lipinski definition) is 1. The van der Waals surface area contributed by atoms with Crippen LogP contribution in [0.4, 0.5) is 0 Å². The Morgan fingerprint density at radius 2 is 2.13 bits per heavy atom. The Labute approximate surface area is 90.7 Å². The second-order valence-corrected chi connectivity index (χ2v) is 4.02. The lowest BCUT2D eigenvalue weighted by atomic mass is 9.99. The van der Waals surface area contributed by atoms with Crippen LogP contribution in [0.5, 0.6) is 0 Å². The molecule has 0 amide bonds. The fraction of sp³-hybridized carbons (Fsp3) is 0.385. The Bertz CT molecular complexity index is 457. The lowest BCUT2D eigenvalue weighted by molar-refractivity contribution is 0.753. The SMILES string of the molecule is CCn1ccc2cccc(C(C)CN)c21. The molecular weight excluding hydrogens is 184 g/mol. The Hall–Kier alpha value is -1.28. The monoisotopic (exact) mass is 202 g/mol. The number of nitrogens with zero attached hydrogens (tertiary/aromatic N) is 1. The molecule has 0 spiro atoms. The van der Waals surface area contributed by atoms with Crippen molar-refractivity contribution < 1.29 is 0 Å². The molecule has 0 aliphatic heterocycles. The lowest BCUT2D eigenvalue weighted by Crippen LogP contribution is -2.10. The Balaban J connectivity index is 2.66. The third-order valence-corrected chi connectivity index (χ3v) is 3.04. The maximum absolute atomic E-state index is 5.75. The zero-order valence-corrected chi connectivity index (χ0v) is 9.40. The van der Waals surface area contributed by atoms with E-state index in [-0.39, 0.29) is 0 Å². The van der Waals surface area contributed by atoms with Crippen LogP contribution in [0.1, 0.15) is 25.3 Å². The fourth-order valence-electron chi connectivity index (χ4n) is 2.08. The standard InChI is InChI=1S/C13H18N2/c1-3-15-8-7-11-5-4-6-12(13(11)15)10(2)9-14/h4-8,10H,3,9,14H2,1-2H3. The molecule has 1 unspecified atom stereocenters. The van der Waals surface area contributed by atoms with Gasteiger partial charge in [0.05, 0.1) is 5.52 Å². The smallest absolute Gasteiger partial charge is 0.0515 e. The van der Waals surface area contributed by atoms with Crippen LogP contribution in [0.2, 0.25) is 0 Å². The summed E-state index contributed by atoms with van der Waals surface area (Å²) in [6.45, 7) is 6.07. The number of para-hydroxylation sites is 1. The second kappa shape index (κ2) is 4.07. The molecule has 80 valence electrons. The first-order valence-electron chi connectivity index (χ1n) is 5.55. The molecule has 1 atom stereocenters. The molecule has 0 saturated carbocycles. The summed E-state index contributed by atoms with van der Waals surface area (Å²) in [4.78, 5) is 0. The van der Waals surface area contributed by atoms with Gasteiger partial charge in [-0.05, 0) is 36.4 Å². The van der Waals surface area contributed by atoms with Gasteiger partial charge in [-0.3, -0.25) is 0 Å². The molecule has 2 aromatic rings. The first-order valence-corrected chi connectivity index (χ1v) is 5.55. The highest BCUT2D eigenvalue weighted by Crippen LogP contribution is 2.25. The summed E-state index contributed by atoms with van der Waals surface area (Å²) < 4.78 is 2.29. The van der Waals surface area contributed by atoms with Crippen LogP contribution in [-0.2, 0) is 6.54 Å². The van der Waals surface area contributed by atoms with Gasteiger partial charge in [0.25, 0.3) is 0 Å². The summed E-state index contributed by atoms with van der Waals surface area (Å²) >= 11 is 0. The second-order valence-electron chi connectivity index (χ2n) is 4.02. The summed E-state index contributed by atoms with van der Waals surface area (Å²) in [5.74, 6) is 0.425. The van der Waals surface area contributed by atoms with Gasteiger partial charge >= 0.3 is 0 Å². The van der Waals surface area contributed by atoms with Crippen molar-refractivity contribution in [2.45, 2.75) is 26.3 Å². The van der Waals surface area contributed by atoms with Crippen LogP contribution in [0.3, 0.4) is 0 Å². The fourth-order valence-corrected chi connectivity index (χ4v) is 2.08. The molecular formula is C13H18N2. The molecule has 2 rings (SSSR count). The summed E-state index contributed by atoms with van der Waals surface area (Å²) in [5.41, 5.74) is 8.45. The molecule has 2 nitrogen and oxygen atoms in total. The maximum Gasteiger partial charge on any atom is 0.0515 e. The summed E-state index contributed by atoms with van der Waals surface area (Å²) in [7, 11) is 0. The van der Waals surface area contributed by atoms with Gasteiger partial charge in [-0.2, -0.15) is 0 Å². The van der Waals surface area contributed by atoms with Crippen LogP contribution in [0, 0.1) is 0 Å². The van der Waals surface area contributed by atoms with Gasteiger partial charge in [0, 0.05) is 12.7 Å². The van der Waals surface area contributed by atoms with Gasteiger partial charge in [0.15, 0.2) is 0 Å². The van der Waals surface area contributed by atoms with E-state index in [1.165, 1.54) is 16.5 Å². The Kier molecular flexibility index (Phi) is 2.78. The first-order chi connectivity index (χ1) is 7.27. The third kappa shape index (κ3) is 1.65. The highest BCUT2D eigenvalue weighted by Gasteiger charge is 2.10. The van der Waals surface area contributed by atoms with Gasteiger partial charge in [-0.15, -0.1) is 0 Å². The molecule has 0 fully saturated rings. The van der Waals surface area contributed by atoms with Gasteiger partial charge in [-0.25, -0.2) is 0 Å². The van der Waals surface area contributed by atoms with Crippen molar-refractivity contribution in [1.29, 1.82) is 0 Å². The van der Waals surface area contributed by atoms with Crippen LogP contribution in [-0.4, -0.2) is 11.1 Å². The Morgan fingerprint density at radius 3 is 2.80 bits per heavy atom. The molecule has 2 N–H and O–H groups in total. The van der Waals surface area contributed by atoms with Crippen LogP contribution in [0.15, 0.2) is 30.5 Å². The molecule has 0 bridgehead atoms. The number of aromatic nitrogens is 1. The van der Waals surface area contributed by atoms with E-state index in [0.717, 1.165) is 6.54 Å². The zero-order chi connectivity index (χ0) is 10.8. The highest BCUT2D eigenvalue weighted by atomic mass is 14.9. The van der Waals surface area contributed by atoms with Crippen molar-refractivity contribution in [2.24, 2.45) is 5.73 Å². The minimum atomic E-state index is 0.425. The third-order valence-electron chi connectivity index (χ3n) is 3.04. The molecule has 15 heavy (non-hydrogen) atoms. The highest BCUT2D eigenvalue weighted by molar-refractivity contribution is 5.83. The van der Waals surface area contributed by atoms with Gasteiger partial charge in [0.2, 0.25) is 0 Å². The van der Waals surface area contributed by atoms with Crippen molar-refractivity contribution in [3.63, 3.8) is 0 Å². The molecule has 2 heteroatoms. The van der Waals surface area contributed by atoms with Crippen molar-refractivity contribution in [1.82, 2.24) is 4.57 Å². The molecule has 1 aromatic heterocycles. The summed E-state index contributed by atoms with van der Waals surface area (Å²) in [6, 6.07) is 8.63. The molecule has 1 aromatic carbocycles. The van der Waals surface area contributed by atoms with Crippen LogP contribution in [0.25, 0.3) is 10.9 Å². The van der Waals surface area contributed by atoms with Gasteiger partial charge < -0.3 is 10.3 Å². The van der Waals surface area contributed by atoms with E-state index in [9.17, 15) is 0 Å². The normalized spacial score (nSPS) is 13.3. The maximum atomic E-state index is 5.75. The van der Waals surface area contributed by atoms with E-state index in [1.54, 1.807) is 0 Å². The molecule has 0 aliphatic rings. The average molecular weight is 202 g/mol. The first kappa shape index (κ1) is 10.2. The minimum absolute atomic E-state index is 0.425. The van der Waals surface area contributed by atoms with E-state index >= 15 is 0 Å². The lowest BCUT2D eigenvalue weighted by Gasteiger charge is -2.13. The number of fused-ring (bicyclic) bond motifs is 1. The average Bonchev–Trinajstić information content (AvgIpc) is 2.70. The quantitative estimate of drug-likeness (QED) is 0.815. The number of benzene rings is 1. The van der Waals surface area contributed by atoms with E-state index < -0.39 is 0 Å². The molecule has 0 aliphatic carbocycles. The predicted octanol–water partition coefficient (Wildman–Crippen LogP) is 2.72. The minimum Gasteiger partial charge on any atom is -0.348 e. The van der Waals surface area contributed by atoms with Gasteiger partial charge in [-0.1, -0.05) is 25.1 Å². The van der Waals surface area contributed by atoms with Crippen LogP contribution >= 0.6 is 0 Å².